The summed E-state index contributed by atoms with van der Waals surface area (Å²) in [6.07, 6.45) is 3.09. The van der Waals surface area contributed by atoms with Crippen molar-refractivity contribution in [3.63, 3.8) is 0 Å². The van der Waals surface area contributed by atoms with Crippen LogP contribution >= 0.6 is 11.6 Å². The topological polar surface area (TPSA) is 95.3 Å². The molecule has 1 heterocycles. The quantitative estimate of drug-likeness (QED) is 0.639. The van der Waals surface area contributed by atoms with Crippen molar-refractivity contribution in [1.29, 1.82) is 0 Å². The lowest BCUT2D eigenvalue weighted by atomic mass is 10.2. The normalized spacial score (nSPS) is 10.4. The van der Waals surface area contributed by atoms with E-state index in [0.717, 1.165) is 11.3 Å². The fourth-order valence-electron chi connectivity index (χ4n) is 2.43. The zero-order valence-corrected chi connectivity index (χ0v) is 15.9. The first-order valence-electron chi connectivity index (χ1n) is 8.24. The fourth-order valence-corrected chi connectivity index (χ4v) is 2.59. The summed E-state index contributed by atoms with van der Waals surface area (Å²) in [6, 6.07) is 9.94. The van der Waals surface area contributed by atoms with Crippen LogP contribution in [-0.2, 0) is 9.53 Å². The van der Waals surface area contributed by atoms with Crippen LogP contribution in [0.25, 0.3) is 5.69 Å². The van der Waals surface area contributed by atoms with Crippen LogP contribution in [0, 0.1) is 6.92 Å². The van der Waals surface area contributed by atoms with Gasteiger partial charge >= 0.3 is 5.97 Å². The molecule has 0 bridgehead atoms. The number of esters is 1. The Morgan fingerprint density at radius 2 is 1.82 bits per heavy atom. The Bertz CT molecular complexity index is 988. The number of anilines is 1. The number of nitrogens with zero attached hydrogens (tertiary/aromatic N) is 3. The molecule has 0 saturated carbocycles. The maximum Gasteiger partial charge on any atom is 0.338 e. The maximum atomic E-state index is 12.1. The monoisotopic (exact) mass is 400 g/mol. The van der Waals surface area contributed by atoms with Gasteiger partial charge in [0.15, 0.2) is 6.61 Å². The van der Waals surface area contributed by atoms with Crippen molar-refractivity contribution in [2.24, 2.45) is 0 Å². The second kappa shape index (κ2) is 8.53. The number of ether oxygens (including phenoxy) is 2. The fraction of sp³-hybridized carbons (Fsp3) is 0.158. The van der Waals surface area contributed by atoms with Gasteiger partial charge in [0.2, 0.25) is 0 Å². The minimum absolute atomic E-state index is 0.324. The third-order valence-electron chi connectivity index (χ3n) is 3.91. The lowest BCUT2D eigenvalue weighted by Crippen LogP contribution is -2.21. The summed E-state index contributed by atoms with van der Waals surface area (Å²) in [4.78, 5) is 24.3. The predicted molar refractivity (Wildman–Crippen MR) is 103 cm³/mol. The average Bonchev–Trinajstić information content (AvgIpc) is 3.23. The van der Waals surface area contributed by atoms with E-state index in [1.807, 2.05) is 0 Å². The van der Waals surface area contributed by atoms with E-state index in [4.69, 9.17) is 21.1 Å². The van der Waals surface area contributed by atoms with E-state index in [0.29, 0.717) is 22.0 Å². The summed E-state index contributed by atoms with van der Waals surface area (Å²) >= 11 is 6.04. The largest absolute Gasteiger partial charge is 0.495 e. The molecule has 0 fully saturated rings. The minimum atomic E-state index is -0.607. The smallest absolute Gasteiger partial charge is 0.338 e. The van der Waals surface area contributed by atoms with E-state index in [1.165, 1.54) is 7.11 Å². The summed E-state index contributed by atoms with van der Waals surface area (Å²) in [5, 5.41) is 10.6. The van der Waals surface area contributed by atoms with Crippen molar-refractivity contribution in [2.75, 3.05) is 19.0 Å². The van der Waals surface area contributed by atoms with Crippen molar-refractivity contribution in [1.82, 2.24) is 14.8 Å². The summed E-state index contributed by atoms with van der Waals surface area (Å²) in [5.41, 5.74) is 2.35. The molecule has 1 N–H and O–H groups in total. The van der Waals surface area contributed by atoms with Crippen molar-refractivity contribution in [3.8, 4) is 11.4 Å². The maximum absolute atomic E-state index is 12.1. The summed E-state index contributed by atoms with van der Waals surface area (Å²) in [6.45, 7) is 1.37. The number of benzene rings is 2. The van der Waals surface area contributed by atoms with Crippen LogP contribution in [0.3, 0.4) is 0 Å². The molecule has 1 amide bonds. The van der Waals surface area contributed by atoms with E-state index < -0.39 is 18.5 Å². The van der Waals surface area contributed by atoms with E-state index in [1.54, 1.807) is 60.5 Å². The molecule has 3 rings (SSSR count). The number of aromatic nitrogens is 3. The third kappa shape index (κ3) is 4.47. The summed E-state index contributed by atoms with van der Waals surface area (Å²) < 4.78 is 12.0. The number of hydrogen-bond acceptors (Lipinski definition) is 6. The van der Waals surface area contributed by atoms with Crippen LogP contribution in [-0.4, -0.2) is 40.4 Å². The van der Waals surface area contributed by atoms with Gasteiger partial charge in [-0.3, -0.25) is 9.36 Å². The van der Waals surface area contributed by atoms with Crippen LogP contribution < -0.4 is 10.1 Å². The molecule has 0 aliphatic heterocycles. The molecule has 2 aromatic carbocycles. The first-order valence-corrected chi connectivity index (χ1v) is 8.62. The highest BCUT2D eigenvalue weighted by Gasteiger charge is 2.13. The number of nitrogens with one attached hydrogen (secondary N) is 1. The molecule has 28 heavy (non-hydrogen) atoms. The molecule has 3 aromatic rings. The number of amides is 1. The molecule has 1 aromatic heterocycles. The molecule has 144 valence electrons. The Hall–Kier alpha value is -3.39. The molecule has 8 nitrogen and oxygen atoms in total. The third-order valence-corrected chi connectivity index (χ3v) is 4.32. The molecular formula is C19H17ClN4O4. The van der Waals surface area contributed by atoms with Gasteiger partial charge in [0, 0.05) is 16.8 Å². The van der Waals surface area contributed by atoms with Crippen LogP contribution in [0.4, 0.5) is 5.69 Å². The molecule has 0 saturated heterocycles. The zero-order chi connectivity index (χ0) is 20.1. The lowest BCUT2D eigenvalue weighted by Gasteiger charge is -2.12. The highest BCUT2D eigenvalue weighted by molar-refractivity contribution is 6.31. The molecule has 0 aliphatic rings. The molecule has 0 radical (unpaired) electrons. The van der Waals surface area contributed by atoms with Gasteiger partial charge in [0.25, 0.3) is 5.91 Å². The zero-order valence-electron chi connectivity index (χ0n) is 15.2. The molecule has 0 unspecified atom stereocenters. The second-order valence-corrected chi connectivity index (χ2v) is 6.25. The van der Waals surface area contributed by atoms with Gasteiger partial charge in [-0.2, -0.15) is 0 Å². The lowest BCUT2D eigenvalue weighted by molar-refractivity contribution is -0.119. The standard InChI is InChI=1S/C19H17ClN4O4/c1-12-7-16(17(27-2)8-15(12)20)23-18(25)9-28-19(26)13-3-5-14(6-4-13)24-10-21-22-11-24/h3-8,10-11H,9H2,1-2H3,(H,23,25). The summed E-state index contributed by atoms with van der Waals surface area (Å²) in [5.74, 6) is -0.681. The van der Waals surface area contributed by atoms with Crippen molar-refractivity contribution < 1.29 is 19.1 Å². The second-order valence-electron chi connectivity index (χ2n) is 5.84. The van der Waals surface area contributed by atoms with Crippen molar-refractivity contribution in [2.45, 2.75) is 6.92 Å². The number of aryl methyl sites for hydroxylation is 1. The SMILES string of the molecule is COc1cc(Cl)c(C)cc1NC(=O)COC(=O)c1ccc(-n2cnnc2)cc1. The number of carbonyl (C=O) groups is 2. The van der Waals surface area contributed by atoms with Gasteiger partial charge in [-0.15, -0.1) is 10.2 Å². The van der Waals surface area contributed by atoms with E-state index in [-0.39, 0.29) is 0 Å². The number of rotatable bonds is 6. The van der Waals surface area contributed by atoms with Crippen LogP contribution in [0.2, 0.25) is 5.02 Å². The van der Waals surface area contributed by atoms with Gasteiger partial charge in [-0.25, -0.2) is 4.79 Å². The predicted octanol–water partition coefficient (Wildman–Crippen LogP) is 3.03. The highest BCUT2D eigenvalue weighted by atomic mass is 35.5. The first-order chi connectivity index (χ1) is 13.5. The average molecular weight is 401 g/mol. The number of carbonyl (C=O) groups excluding carboxylic acids is 2. The van der Waals surface area contributed by atoms with Crippen molar-refractivity contribution in [3.05, 3.63) is 65.2 Å². The highest BCUT2D eigenvalue weighted by Crippen LogP contribution is 2.30. The molecule has 9 heteroatoms. The van der Waals surface area contributed by atoms with Gasteiger partial charge in [-0.1, -0.05) is 11.6 Å². The van der Waals surface area contributed by atoms with E-state index in [9.17, 15) is 9.59 Å². The first kappa shape index (κ1) is 19.4. The van der Waals surface area contributed by atoms with Crippen LogP contribution in [0.15, 0.2) is 49.1 Å². The molecule has 0 atom stereocenters. The van der Waals surface area contributed by atoms with Gasteiger partial charge in [0.05, 0.1) is 18.4 Å². The van der Waals surface area contributed by atoms with Gasteiger partial charge in [-0.05, 0) is 42.8 Å². The van der Waals surface area contributed by atoms with Gasteiger partial charge in [0.1, 0.15) is 18.4 Å². The molecule has 0 spiro atoms. The van der Waals surface area contributed by atoms with Gasteiger partial charge < -0.3 is 14.8 Å². The number of halogens is 1. The Kier molecular flexibility index (Phi) is 5.90. The van der Waals surface area contributed by atoms with E-state index in [2.05, 4.69) is 15.5 Å². The van der Waals surface area contributed by atoms with Crippen LogP contribution in [0.1, 0.15) is 15.9 Å². The minimum Gasteiger partial charge on any atom is -0.495 e. The van der Waals surface area contributed by atoms with Crippen molar-refractivity contribution >= 4 is 29.2 Å². The van der Waals surface area contributed by atoms with E-state index >= 15 is 0 Å². The Labute approximate surface area is 166 Å². The Balaban J connectivity index is 1.59. The Morgan fingerprint density at radius 3 is 2.46 bits per heavy atom. The molecule has 0 aliphatic carbocycles. The molecular weight excluding hydrogens is 384 g/mol. The number of methoxy groups -OCH3 is 1. The number of hydrogen-bond donors (Lipinski definition) is 1. The summed E-state index contributed by atoms with van der Waals surface area (Å²) in [7, 11) is 1.47. The van der Waals surface area contributed by atoms with Crippen LogP contribution in [0.5, 0.6) is 5.75 Å². The Morgan fingerprint density at radius 1 is 1.14 bits per heavy atom.